The number of hydrogen-bond acceptors (Lipinski definition) is 3. The average Bonchev–Trinajstić information content (AvgIpc) is 2.18. The molecule has 0 aliphatic heterocycles. The lowest BCUT2D eigenvalue weighted by molar-refractivity contribution is 1.18. The molecule has 0 amide bonds. The number of aryl methyl sites for hydroxylation is 1. The average molecular weight is 189 g/mol. The van der Waals surface area contributed by atoms with Crippen molar-refractivity contribution in [1.29, 1.82) is 0 Å². The van der Waals surface area contributed by atoms with Gasteiger partial charge in [0.05, 0.1) is 11.9 Å². The molecule has 0 atom stereocenters. The summed E-state index contributed by atoms with van der Waals surface area (Å²) in [5.74, 6) is 0. The topological polar surface area (TPSA) is 87.7 Å². The minimum absolute atomic E-state index is 0.338. The Morgan fingerprint density at radius 3 is 3.21 bits per heavy atom. The maximum Gasteiger partial charge on any atom is 0.0506 e. The predicted molar refractivity (Wildman–Crippen MR) is 56.4 cm³/mol. The smallest absolute Gasteiger partial charge is 0.0506 e. The zero-order valence-corrected chi connectivity index (χ0v) is 7.88. The first kappa shape index (κ1) is 10.1. The molecule has 0 aliphatic rings. The van der Waals surface area contributed by atoms with Gasteiger partial charge >= 0.3 is 0 Å². The zero-order chi connectivity index (χ0) is 10.4. The molecular weight excluding hydrogens is 178 g/mol. The third-order valence-corrected chi connectivity index (χ3v) is 1.69. The number of aromatic nitrogens is 1. The van der Waals surface area contributed by atoms with Crippen LogP contribution in [0.15, 0.2) is 23.5 Å². The summed E-state index contributed by atoms with van der Waals surface area (Å²) in [7, 11) is 0. The lowest BCUT2D eigenvalue weighted by atomic mass is 10.2. The van der Waals surface area contributed by atoms with Crippen LogP contribution in [0.3, 0.4) is 0 Å². The molecular formula is C9H11N5. The summed E-state index contributed by atoms with van der Waals surface area (Å²) in [6.45, 7) is 2.23. The number of nitrogen functional groups attached to an aromatic ring is 1. The van der Waals surface area contributed by atoms with Crippen molar-refractivity contribution in [2.45, 2.75) is 6.92 Å². The fourth-order valence-corrected chi connectivity index (χ4v) is 0.999. The second-order valence-corrected chi connectivity index (χ2v) is 2.76. The molecule has 0 bridgehead atoms. The third kappa shape index (κ3) is 2.80. The van der Waals surface area contributed by atoms with Crippen LogP contribution in [0.4, 0.5) is 5.69 Å². The first-order valence-corrected chi connectivity index (χ1v) is 4.13. The van der Waals surface area contributed by atoms with E-state index >= 15 is 0 Å². The van der Waals surface area contributed by atoms with Crippen molar-refractivity contribution in [2.75, 3.05) is 12.3 Å². The minimum Gasteiger partial charge on any atom is -0.397 e. The Labute approximate surface area is 81.9 Å². The fourth-order valence-electron chi connectivity index (χ4n) is 0.999. The van der Waals surface area contributed by atoms with Crippen LogP contribution in [0, 0.1) is 6.92 Å². The van der Waals surface area contributed by atoms with Crippen molar-refractivity contribution < 1.29 is 0 Å². The summed E-state index contributed by atoms with van der Waals surface area (Å²) in [6.07, 6.45) is 5.22. The fraction of sp³-hybridized carbons (Fsp3) is 0.222. The Morgan fingerprint density at radius 1 is 1.71 bits per heavy atom. The monoisotopic (exact) mass is 189 g/mol. The number of azide groups is 1. The molecule has 1 heterocycles. The number of nitrogens with two attached hydrogens (primary N) is 1. The van der Waals surface area contributed by atoms with Crippen LogP contribution >= 0.6 is 0 Å². The van der Waals surface area contributed by atoms with Crippen molar-refractivity contribution >= 4 is 11.8 Å². The van der Waals surface area contributed by atoms with E-state index in [0.29, 0.717) is 12.2 Å². The van der Waals surface area contributed by atoms with Gasteiger partial charge in [0.15, 0.2) is 0 Å². The van der Waals surface area contributed by atoms with Crippen LogP contribution < -0.4 is 5.73 Å². The van der Waals surface area contributed by atoms with Crippen LogP contribution in [0.2, 0.25) is 0 Å². The molecule has 0 spiro atoms. The summed E-state index contributed by atoms with van der Waals surface area (Å²) in [5, 5.41) is 3.38. The van der Waals surface area contributed by atoms with E-state index in [4.69, 9.17) is 11.3 Å². The minimum atomic E-state index is 0.338. The first-order chi connectivity index (χ1) is 6.74. The molecule has 0 aromatic carbocycles. The summed E-state index contributed by atoms with van der Waals surface area (Å²) < 4.78 is 0. The van der Waals surface area contributed by atoms with Gasteiger partial charge in [-0.3, -0.25) is 4.98 Å². The highest BCUT2D eigenvalue weighted by Gasteiger charge is 1.94. The van der Waals surface area contributed by atoms with Gasteiger partial charge in [-0.05, 0) is 24.1 Å². The van der Waals surface area contributed by atoms with Gasteiger partial charge in [-0.25, -0.2) is 0 Å². The molecule has 5 heteroatoms. The standard InChI is InChI=1S/C9H11N5/c1-7-8(3-2-4-13-14-11)5-9(10)6-12-7/h2-3,5-6H,4,10H2,1H3. The molecule has 14 heavy (non-hydrogen) atoms. The molecule has 0 unspecified atom stereocenters. The van der Waals surface area contributed by atoms with Crippen LogP contribution in [0.5, 0.6) is 0 Å². The highest BCUT2D eigenvalue weighted by Crippen LogP contribution is 2.10. The summed E-state index contributed by atoms with van der Waals surface area (Å²) in [5.41, 5.74) is 16.1. The zero-order valence-electron chi connectivity index (χ0n) is 7.88. The molecule has 0 saturated carbocycles. The van der Waals surface area contributed by atoms with Crippen molar-refractivity contribution in [2.24, 2.45) is 5.11 Å². The number of nitrogens with zero attached hydrogens (tertiary/aromatic N) is 4. The van der Waals surface area contributed by atoms with Crippen LogP contribution in [0.25, 0.3) is 16.5 Å². The highest BCUT2D eigenvalue weighted by atomic mass is 15.1. The Balaban J connectivity index is 2.79. The third-order valence-electron chi connectivity index (χ3n) is 1.69. The van der Waals surface area contributed by atoms with E-state index in [1.54, 1.807) is 12.3 Å². The van der Waals surface area contributed by atoms with E-state index in [1.807, 2.05) is 19.1 Å². The van der Waals surface area contributed by atoms with Crippen LogP contribution in [-0.2, 0) is 0 Å². The first-order valence-electron chi connectivity index (χ1n) is 4.13. The summed E-state index contributed by atoms with van der Waals surface area (Å²) in [6, 6.07) is 1.83. The lowest BCUT2D eigenvalue weighted by Crippen LogP contribution is -1.91. The van der Waals surface area contributed by atoms with E-state index in [0.717, 1.165) is 11.3 Å². The van der Waals surface area contributed by atoms with Crippen molar-refractivity contribution in [3.63, 3.8) is 0 Å². The van der Waals surface area contributed by atoms with Gasteiger partial charge in [0.2, 0.25) is 0 Å². The maximum absolute atomic E-state index is 8.05. The Kier molecular flexibility index (Phi) is 3.52. The van der Waals surface area contributed by atoms with E-state index in [9.17, 15) is 0 Å². The molecule has 0 fully saturated rings. The van der Waals surface area contributed by atoms with Gasteiger partial charge in [-0.1, -0.05) is 17.3 Å². The number of rotatable bonds is 3. The molecule has 0 radical (unpaired) electrons. The van der Waals surface area contributed by atoms with Crippen LogP contribution in [-0.4, -0.2) is 11.5 Å². The Hall–Kier alpha value is -2.00. The molecule has 72 valence electrons. The molecule has 0 aliphatic carbocycles. The molecule has 0 saturated heterocycles. The quantitative estimate of drug-likeness (QED) is 0.449. The number of anilines is 1. The lowest BCUT2D eigenvalue weighted by Gasteiger charge is -1.99. The normalized spacial score (nSPS) is 10.1. The molecule has 1 aromatic heterocycles. The van der Waals surface area contributed by atoms with Gasteiger partial charge < -0.3 is 5.73 Å². The van der Waals surface area contributed by atoms with Crippen molar-refractivity contribution in [1.82, 2.24) is 4.98 Å². The Morgan fingerprint density at radius 2 is 2.50 bits per heavy atom. The van der Waals surface area contributed by atoms with E-state index in [1.165, 1.54) is 0 Å². The second kappa shape index (κ2) is 4.89. The van der Waals surface area contributed by atoms with E-state index < -0.39 is 0 Å². The molecule has 2 N–H and O–H groups in total. The Bertz CT molecular complexity index is 390. The molecule has 5 nitrogen and oxygen atoms in total. The maximum atomic E-state index is 8.05. The van der Waals surface area contributed by atoms with Gasteiger partial charge in [0, 0.05) is 17.2 Å². The predicted octanol–water partition coefficient (Wildman–Crippen LogP) is 2.30. The van der Waals surface area contributed by atoms with Crippen molar-refractivity contribution in [3.8, 4) is 0 Å². The number of hydrogen-bond donors (Lipinski definition) is 1. The number of pyridine rings is 1. The second-order valence-electron chi connectivity index (χ2n) is 2.76. The van der Waals surface area contributed by atoms with Crippen LogP contribution in [0.1, 0.15) is 11.3 Å². The van der Waals surface area contributed by atoms with E-state index in [2.05, 4.69) is 15.0 Å². The molecule has 1 rings (SSSR count). The van der Waals surface area contributed by atoms with Crippen molar-refractivity contribution in [3.05, 3.63) is 40.0 Å². The SMILES string of the molecule is Cc1ncc(N)cc1C=CCN=[N+]=[N-]. The van der Waals surface area contributed by atoms with Gasteiger partial charge in [-0.15, -0.1) is 0 Å². The van der Waals surface area contributed by atoms with Gasteiger partial charge in [0.25, 0.3) is 0 Å². The van der Waals surface area contributed by atoms with Gasteiger partial charge in [-0.2, -0.15) is 0 Å². The van der Waals surface area contributed by atoms with Gasteiger partial charge in [0.1, 0.15) is 0 Å². The summed E-state index contributed by atoms with van der Waals surface area (Å²) in [4.78, 5) is 6.74. The highest BCUT2D eigenvalue weighted by molar-refractivity contribution is 5.56. The largest absolute Gasteiger partial charge is 0.397 e. The summed E-state index contributed by atoms with van der Waals surface area (Å²) >= 11 is 0. The van der Waals surface area contributed by atoms with E-state index in [-0.39, 0.29) is 0 Å². The molecule has 1 aromatic rings.